The van der Waals surface area contributed by atoms with Gasteiger partial charge in [-0.2, -0.15) is 0 Å². The molecule has 0 saturated heterocycles. The van der Waals surface area contributed by atoms with Gasteiger partial charge in [0.2, 0.25) is 0 Å². The van der Waals surface area contributed by atoms with Crippen LogP contribution in [0.25, 0.3) is 0 Å². The number of carbonyl (C=O) groups excluding carboxylic acids is 3. The van der Waals surface area contributed by atoms with Crippen LogP contribution in [0.3, 0.4) is 0 Å². The highest BCUT2D eigenvalue weighted by molar-refractivity contribution is 6.32. The fourth-order valence-electron chi connectivity index (χ4n) is 2.05. The fourth-order valence-corrected chi connectivity index (χ4v) is 2.24. The molecule has 0 aliphatic carbocycles. The van der Waals surface area contributed by atoms with Gasteiger partial charge < -0.3 is 19.5 Å². The molecule has 0 aliphatic heterocycles. The zero-order valence-corrected chi connectivity index (χ0v) is 15.3. The molecule has 1 amide bonds. The van der Waals surface area contributed by atoms with Crippen LogP contribution in [0.4, 0.5) is 5.69 Å². The number of para-hydroxylation sites is 2. The van der Waals surface area contributed by atoms with E-state index in [1.54, 1.807) is 49.4 Å². The van der Waals surface area contributed by atoms with Crippen molar-refractivity contribution in [2.75, 3.05) is 25.1 Å². The van der Waals surface area contributed by atoms with Crippen LogP contribution in [0.1, 0.15) is 17.3 Å². The van der Waals surface area contributed by atoms with Gasteiger partial charge in [0, 0.05) is 0 Å². The van der Waals surface area contributed by atoms with Crippen LogP contribution in [0.15, 0.2) is 48.5 Å². The van der Waals surface area contributed by atoms with E-state index in [9.17, 15) is 14.4 Å². The van der Waals surface area contributed by atoms with Crippen molar-refractivity contribution in [1.29, 1.82) is 0 Å². The number of nitrogens with one attached hydrogen (secondary N) is 1. The molecule has 1 N–H and O–H groups in total. The average Bonchev–Trinajstić information content (AvgIpc) is 2.66. The SMILES string of the molecule is CCOC(=O)c1ccccc1NC(=O)COC(=O)COc1ccccc1Cl. The summed E-state index contributed by atoms with van der Waals surface area (Å²) in [6.45, 7) is 0.978. The lowest BCUT2D eigenvalue weighted by molar-refractivity contribution is -0.149. The number of ether oxygens (including phenoxy) is 3. The van der Waals surface area contributed by atoms with Crippen LogP contribution >= 0.6 is 11.6 Å². The molecular weight excluding hydrogens is 374 g/mol. The first-order chi connectivity index (χ1) is 13.0. The molecule has 0 saturated carbocycles. The summed E-state index contributed by atoms with van der Waals surface area (Å²) in [5.41, 5.74) is 0.477. The Bertz CT molecular complexity index is 823. The van der Waals surface area contributed by atoms with E-state index in [0.29, 0.717) is 10.8 Å². The van der Waals surface area contributed by atoms with Crippen LogP contribution in [0.2, 0.25) is 5.02 Å². The molecule has 8 heteroatoms. The number of halogens is 1. The molecule has 142 valence electrons. The van der Waals surface area contributed by atoms with Gasteiger partial charge >= 0.3 is 11.9 Å². The second-order valence-electron chi connectivity index (χ2n) is 5.19. The second kappa shape index (κ2) is 10.2. The van der Waals surface area contributed by atoms with Gasteiger partial charge in [-0.15, -0.1) is 0 Å². The Morgan fingerprint density at radius 1 is 0.963 bits per heavy atom. The van der Waals surface area contributed by atoms with Crippen LogP contribution in [0, 0.1) is 0 Å². The number of carbonyl (C=O) groups is 3. The zero-order valence-electron chi connectivity index (χ0n) is 14.6. The van der Waals surface area contributed by atoms with E-state index < -0.39 is 31.1 Å². The summed E-state index contributed by atoms with van der Waals surface area (Å²) in [4.78, 5) is 35.6. The molecule has 0 radical (unpaired) electrons. The maximum atomic E-state index is 12.0. The van der Waals surface area contributed by atoms with E-state index in [0.717, 1.165) is 0 Å². The first kappa shape index (κ1) is 20.3. The van der Waals surface area contributed by atoms with Crippen molar-refractivity contribution in [3.05, 3.63) is 59.1 Å². The summed E-state index contributed by atoms with van der Waals surface area (Å²) in [5.74, 6) is -1.55. The highest BCUT2D eigenvalue weighted by Gasteiger charge is 2.15. The molecule has 0 heterocycles. The Balaban J connectivity index is 1.83. The van der Waals surface area contributed by atoms with Crippen molar-refractivity contribution in [3.8, 4) is 5.75 Å². The Morgan fingerprint density at radius 2 is 1.67 bits per heavy atom. The van der Waals surface area contributed by atoms with Gasteiger partial charge in [-0.25, -0.2) is 9.59 Å². The van der Waals surface area contributed by atoms with Crippen molar-refractivity contribution in [2.45, 2.75) is 6.92 Å². The molecule has 7 nitrogen and oxygen atoms in total. The lowest BCUT2D eigenvalue weighted by Crippen LogP contribution is -2.24. The largest absolute Gasteiger partial charge is 0.480 e. The van der Waals surface area contributed by atoms with Crippen LogP contribution in [0.5, 0.6) is 5.75 Å². The number of benzene rings is 2. The molecule has 0 atom stereocenters. The maximum absolute atomic E-state index is 12.0. The molecule has 0 bridgehead atoms. The summed E-state index contributed by atoms with van der Waals surface area (Å²) >= 11 is 5.91. The summed E-state index contributed by atoms with van der Waals surface area (Å²) in [6, 6.07) is 13.0. The average molecular weight is 392 g/mol. The van der Waals surface area contributed by atoms with Gasteiger partial charge in [-0.1, -0.05) is 35.9 Å². The number of amides is 1. The third-order valence-corrected chi connectivity index (χ3v) is 3.56. The van der Waals surface area contributed by atoms with E-state index in [4.69, 9.17) is 25.8 Å². The lowest BCUT2D eigenvalue weighted by atomic mass is 10.2. The summed E-state index contributed by atoms with van der Waals surface area (Å²) in [6.07, 6.45) is 0. The number of hydrogen-bond donors (Lipinski definition) is 1. The molecule has 0 aliphatic rings. The molecule has 27 heavy (non-hydrogen) atoms. The van der Waals surface area contributed by atoms with Crippen LogP contribution < -0.4 is 10.1 Å². The van der Waals surface area contributed by atoms with Crippen LogP contribution in [-0.2, 0) is 19.1 Å². The van der Waals surface area contributed by atoms with E-state index >= 15 is 0 Å². The monoisotopic (exact) mass is 391 g/mol. The first-order valence-electron chi connectivity index (χ1n) is 8.10. The molecule has 2 aromatic rings. The number of rotatable bonds is 8. The predicted molar refractivity (Wildman–Crippen MR) is 98.9 cm³/mol. The minimum atomic E-state index is -0.733. The van der Waals surface area contributed by atoms with Crippen LogP contribution in [-0.4, -0.2) is 37.7 Å². The quantitative estimate of drug-likeness (QED) is 0.695. The van der Waals surface area contributed by atoms with E-state index in [2.05, 4.69) is 5.32 Å². The third kappa shape index (κ3) is 6.31. The molecule has 0 aromatic heterocycles. The van der Waals surface area contributed by atoms with Gasteiger partial charge in [-0.3, -0.25) is 4.79 Å². The minimum absolute atomic E-state index is 0.209. The summed E-state index contributed by atoms with van der Waals surface area (Å²) in [5, 5.41) is 2.87. The third-order valence-electron chi connectivity index (χ3n) is 3.24. The Hall–Kier alpha value is -3.06. The molecule has 2 aromatic carbocycles. The predicted octanol–water partition coefficient (Wildman–Crippen LogP) is 3.08. The van der Waals surface area contributed by atoms with E-state index in [-0.39, 0.29) is 17.9 Å². The van der Waals surface area contributed by atoms with Crippen molar-refractivity contribution < 1.29 is 28.6 Å². The Kier molecular flexibility index (Phi) is 7.63. The number of anilines is 1. The maximum Gasteiger partial charge on any atom is 0.344 e. The molecular formula is C19H18ClNO6. The summed E-state index contributed by atoms with van der Waals surface area (Å²) in [7, 11) is 0. The van der Waals surface area contributed by atoms with Crippen molar-refractivity contribution in [2.24, 2.45) is 0 Å². The number of esters is 2. The Morgan fingerprint density at radius 3 is 2.41 bits per heavy atom. The van der Waals surface area contributed by atoms with Gasteiger partial charge in [0.1, 0.15) is 5.75 Å². The van der Waals surface area contributed by atoms with Gasteiger partial charge in [0.25, 0.3) is 5.91 Å². The van der Waals surface area contributed by atoms with Gasteiger partial charge in [0.05, 0.1) is 22.9 Å². The van der Waals surface area contributed by atoms with Crippen molar-refractivity contribution in [1.82, 2.24) is 0 Å². The fraction of sp³-hybridized carbons (Fsp3) is 0.211. The topological polar surface area (TPSA) is 90.9 Å². The van der Waals surface area contributed by atoms with E-state index in [1.807, 2.05) is 0 Å². The standard InChI is InChI=1S/C19H18ClNO6/c1-2-25-19(24)13-7-3-5-9-15(13)21-17(22)11-27-18(23)12-26-16-10-6-4-8-14(16)20/h3-10H,2,11-12H2,1H3,(H,21,22). The lowest BCUT2D eigenvalue weighted by Gasteiger charge is -2.11. The molecule has 2 rings (SSSR count). The molecule has 0 fully saturated rings. The van der Waals surface area contributed by atoms with Crippen molar-refractivity contribution in [3.63, 3.8) is 0 Å². The van der Waals surface area contributed by atoms with Crippen molar-refractivity contribution >= 4 is 35.1 Å². The highest BCUT2D eigenvalue weighted by Crippen LogP contribution is 2.22. The smallest absolute Gasteiger partial charge is 0.344 e. The molecule has 0 spiro atoms. The second-order valence-corrected chi connectivity index (χ2v) is 5.60. The van der Waals surface area contributed by atoms with Gasteiger partial charge in [-0.05, 0) is 31.2 Å². The zero-order chi connectivity index (χ0) is 19.6. The highest BCUT2D eigenvalue weighted by atomic mass is 35.5. The van der Waals surface area contributed by atoms with E-state index in [1.165, 1.54) is 6.07 Å². The minimum Gasteiger partial charge on any atom is -0.480 e. The first-order valence-corrected chi connectivity index (χ1v) is 8.48. The Labute approximate surface area is 161 Å². The summed E-state index contributed by atoms with van der Waals surface area (Å²) < 4.78 is 15.0. The van der Waals surface area contributed by atoms with Gasteiger partial charge in [0.15, 0.2) is 13.2 Å². The number of hydrogen-bond acceptors (Lipinski definition) is 6. The normalized spacial score (nSPS) is 10.0. The molecule has 0 unspecified atom stereocenters.